The molecule has 0 saturated carbocycles. The van der Waals surface area contributed by atoms with E-state index in [4.69, 9.17) is 41.1 Å². The number of rotatable bonds is 9. The highest BCUT2D eigenvalue weighted by Crippen LogP contribution is 2.38. The lowest BCUT2D eigenvalue weighted by Crippen LogP contribution is -2.47. The van der Waals surface area contributed by atoms with Gasteiger partial charge in [0.2, 0.25) is 35.3 Å². The minimum Gasteiger partial charge on any atom is -0.476 e. The third-order valence-electron chi connectivity index (χ3n) is 7.26. The first-order chi connectivity index (χ1) is 24.6. The van der Waals surface area contributed by atoms with Crippen LogP contribution in [0, 0.1) is 0 Å². The summed E-state index contributed by atoms with van der Waals surface area (Å²) >= 11 is 0. The third kappa shape index (κ3) is 6.56. The number of oxazole rings is 6. The maximum atomic E-state index is 13.0. The van der Waals surface area contributed by atoms with E-state index in [9.17, 15) is 14.4 Å². The fourth-order valence-corrected chi connectivity index (χ4v) is 4.91. The molecule has 0 aliphatic carbocycles. The number of carboxylic acid groups (broad SMARTS) is 1. The summed E-state index contributed by atoms with van der Waals surface area (Å²) in [6.45, 7) is 12.7. The summed E-state index contributed by atoms with van der Waals surface area (Å²) in [5, 5.41) is 11.5. The highest BCUT2D eigenvalue weighted by molar-refractivity contribution is 5.97. The van der Waals surface area contributed by atoms with Gasteiger partial charge in [-0.25, -0.2) is 39.5 Å². The van der Waals surface area contributed by atoms with E-state index in [-0.39, 0.29) is 81.8 Å². The number of nitrogens with zero attached hydrogens (tertiary/aromatic N) is 7. The van der Waals surface area contributed by atoms with E-state index in [1.165, 1.54) is 30.0 Å². The maximum absolute atomic E-state index is 13.0. The topological polar surface area (TPSA) is 261 Å². The van der Waals surface area contributed by atoms with Gasteiger partial charge in [0.1, 0.15) is 54.9 Å². The summed E-state index contributed by atoms with van der Waals surface area (Å²) in [6, 6.07) is -0.672. The van der Waals surface area contributed by atoms with E-state index < -0.39 is 35.3 Å². The van der Waals surface area contributed by atoms with Gasteiger partial charge in [-0.1, -0.05) is 6.58 Å². The molecular formula is C32H28N8O12. The molecule has 7 rings (SSSR count). The Morgan fingerprint density at radius 1 is 0.788 bits per heavy atom. The number of aromatic nitrogens is 6. The van der Waals surface area contributed by atoms with Gasteiger partial charge in [0.25, 0.3) is 5.91 Å². The molecule has 7 heterocycles. The molecule has 52 heavy (non-hydrogen) atoms. The highest BCUT2D eigenvalue weighted by Gasteiger charge is 2.48. The zero-order valence-corrected chi connectivity index (χ0v) is 28.0. The Bertz CT molecular complexity index is 2310. The van der Waals surface area contributed by atoms with E-state index in [1.807, 2.05) is 0 Å². The number of hydrogen-bond acceptors (Lipinski definition) is 17. The molecule has 2 N–H and O–H groups in total. The van der Waals surface area contributed by atoms with E-state index in [1.54, 1.807) is 34.6 Å². The first-order valence-electron chi connectivity index (χ1n) is 15.3. The number of carbonyl (C=O) groups is 3. The Labute approximate surface area is 291 Å². The number of amides is 2. The van der Waals surface area contributed by atoms with Crippen LogP contribution in [-0.4, -0.2) is 75.8 Å². The number of carbonyl (C=O) groups excluding carboxylic acids is 2. The molecule has 1 aliphatic rings. The van der Waals surface area contributed by atoms with Crippen LogP contribution in [0.5, 0.6) is 0 Å². The lowest BCUT2D eigenvalue weighted by Gasteiger charge is -2.34. The largest absolute Gasteiger partial charge is 0.476 e. The lowest BCUT2D eigenvalue weighted by atomic mass is 10.2. The molecule has 0 radical (unpaired) electrons. The molecule has 0 unspecified atom stereocenters. The number of nitrogens with one attached hydrogen (secondary N) is 1. The number of carboxylic acids is 1. The molecule has 2 amide bonds. The van der Waals surface area contributed by atoms with Crippen molar-refractivity contribution in [2.75, 3.05) is 6.61 Å². The van der Waals surface area contributed by atoms with E-state index in [0.717, 1.165) is 12.5 Å². The van der Waals surface area contributed by atoms with Crippen LogP contribution in [0.15, 0.2) is 70.7 Å². The fraction of sp³-hybridized carbons (Fsp3) is 0.281. The summed E-state index contributed by atoms with van der Waals surface area (Å²) in [5.41, 5.74) is -1.48. The molecule has 0 aromatic carbocycles. The Kier molecular flexibility index (Phi) is 8.09. The van der Waals surface area contributed by atoms with Gasteiger partial charge < -0.3 is 46.4 Å². The molecule has 1 saturated heterocycles. The molecule has 6 aromatic rings. The average Bonchev–Trinajstić information content (AvgIpc) is 3.92. The molecule has 1 fully saturated rings. The van der Waals surface area contributed by atoms with E-state index in [0.29, 0.717) is 0 Å². The molecular weight excluding hydrogens is 688 g/mol. The monoisotopic (exact) mass is 716 g/mol. The van der Waals surface area contributed by atoms with Gasteiger partial charge in [0.15, 0.2) is 34.2 Å². The molecule has 1 aliphatic heterocycles. The Balaban J connectivity index is 0.991. The van der Waals surface area contributed by atoms with E-state index in [2.05, 4.69) is 41.8 Å². The second-order valence-corrected chi connectivity index (χ2v) is 12.6. The Morgan fingerprint density at radius 2 is 1.31 bits per heavy atom. The number of aromatic carboxylic acids is 1. The van der Waals surface area contributed by atoms with Crippen molar-refractivity contribution in [1.82, 2.24) is 40.1 Å². The molecule has 6 aromatic heterocycles. The van der Waals surface area contributed by atoms with Crippen molar-refractivity contribution in [1.29, 1.82) is 0 Å². The number of hydrogen-bond donors (Lipinski definition) is 2. The average molecular weight is 717 g/mol. The van der Waals surface area contributed by atoms with Crippen molar-refractivity contribution in [2.24, 2.45) is 0 Å². The zero-order valence-electron chi connectivity index (χ0n) is 28.0. The summed E-state index contributed by atoms with van der Waals surface area (Å²) in [7, 11) is 0. The highest BCUT2D eigenvalue weighted by atomic mass is 16.6. The maximum Gasteiger partial charge on any atom is 0.413 e. The summed E-state index contributed by atoms with van der Waals surface area (Å²) in [4.78, 5) is 63.7. The lowest BCUT2D eigenvalue weighted by molar-refractivity contribution is -0.0634. The van der Waals surface area contributed by atoms with Crippen molar-refractivity contribution in [2.45, 2.75) is 52.0 Å². The van der Waals surface area contributed by atoms with Crippen LogP contribution in [0.2, 0.25) is 0 Å². The van der Waals surface area contributed by atoms with Gasteiger partial charge >= 0.3 is 12.1 Å². The standard InChI is InChI=1S/C32H28N8O12/c1-14(23-35-16(8-45-23)25-37-18(10-47-25)27-39-20(12-49-27)29(42)43)33-22(41)15-7-46-24(34-15)17-9-48-26(36-17)19-11-50-28(38-19)21-13-51-32(5,6)40(21)30(44)52-31(2,3)4/h7-12,21H,1,13H2,2-6H3,(H,33,41)(H,42,43)/t21-/m0/s1. The quantitative estimate of drug-likeness (QED) is 0.189. The summed E-state index contributed by atoms with van der Waals surface area (Å²) < 4.78 is 44.1. The third-order valence-corrected chi connectivity index (χ3v) is 7.26. The van der Waals surface area contributed by atoms with E-state index >= 15 is 0 Å². The number of ether oxygens (including phenoxy) is 2. The minimum absolute atomic E-state index is 0.00782. The molecule has 268 valence electrons. The van der Waals surface area contributed by atoms with Crippen LogP contribution >= 0.6 is 0 Å². The van der Waals surface area contributed by atoms with Crippen molar-refractivity contribution in [3.8, 4) is 46.3 Å². The minimum atomic E-state index is -1.26. The van der Waals surface area contributed by atoms with Crippen molar-refractivity contribution >= 4 is 23.7 Å². The van der Waals surface area contributed by atoms with Gasteiger partial charge in [0, 0.05) is 0 Å². The van der Waals surface area contributed by atoms with Crippen LogP contribution < -0.4 is 5.32 Å². The van der Waals surface area contributed by atoms with Gasteiger partial charge in [-0.2, -0.15) is 0 Å². The van der Waals surface area contributed by atoms with Gasteiger partial charge in [0.05, 0.1) is 12.3 Å². The second-order valence-electron chi connectivity index (χ2n) is 12.6. The van der Waals surface area contributed by atoms with Gasteiger partial charge in [-0.15, -0.1) is 0 Å². The predicted molar refractivity (Wildman–Crippen MR) is 169 cm³/mol. The van der Waals surface area contributed by atoms with Crippen LogP contribution in [0.1, 0.15) is 73.4 Å². The van der Waals surface area contributed by atoms with Gasteiger partial charge in [-0.3, -0.25) is 9.69 Å². The summed E-state index contributed by atoms with van der Waals surface area (Å²) in [5.74, 6) is -1.86. The van der Waals surface area contributed by atoms with Crippen LogP contribution in [0.4, 0.5) is 4.79 Å². The Hall–Kier alpha value is -6.83. The zero-order chi connectivity index (χ0) is 36.9. The van der Waals surface area contributed by atoms with Gasteiger partial charge in [-0.05, 0) is 34.6 Å². The Morgan fingerprint density at radius 3 is 1.92 bits per heavy atom. The molecule has 20 heteroatoms. The molecule has 1 atom stereocenters. The van der Waals surface area contributed by atoms with Crippen LogP contribution in [-0.2, 0) is 9.47 Å². The SMILES string of the molecule is C=C(NC(=O)c1coc(-c2coc(-c3coc([C@@H]4COC(C)(C)N4C(=O)OC(C)(C)C)n3)n2)n1)c1nc(-c2nc(-c3nc(C(=O)O)co3)co2)co1. The van der Waals surface area contributed by atoms with Crippen LogP contribution in [0.25, 0.3) is 52.0 Å². The fourth-order valence-electron chi connectivity index (χ4n) is 4.91. The predicted octanol–water partition coefficient (Wildman–Crippen LogP) is 5.43. The summed E-state index contributed by atoms with van der Waals surface area (Å²) in [6.07, 6.45) is 6.51. The normalized spacial score (nSPS) is 15.6. The second kappa shape index (κ2) is 12.5. The van der Waals surface area contributed by atoms with Crippen molar-refractivity contribution in [3.63, 3.8) is 0 Å². The molecule has 0 spiro atoms. The van der Waals surface area contributed by atoms with Crippen molar-refractivity contribution < 1.29 is 55.5 Å². The first kappa shape index (κ1) is 33.7. The first-order valence-corrected chi connectivity index (χ1v) is 15.3. The van der Waals surface area contributed by atoms with Crippen LogP contribution in [0.3, 0.4) is 0 Å². The molecule has 0 bridgehead atoms. The van der Waals surface area contributed by atoms with Crippen molar-refractivity contribution in [3.05, 3.63) is 67.3 Å². The molecule has 20 nitrogen and oxygen atoms in total. The smallest absolute Gasteiger partial charge is 0.413 e.